The van der Waals surface area contributed by atoms with Crippen molar-refractivity contribution in [1.82, 2.24) is 5.32 Å². The minimum Gasteiger partial charge on any atom is -0.494 e. The number of ether oxygens (including phenoxy) is 1. The first-order valence-corrected chi connectivity index (χ1v) is 10.4. The zero-order valence-corrected chi connectivity index (χ0v) is 17.0. The summed E-state index contributed by atoms with van der Waals surface area (Å²) in [5, 5.41) is 3.65. The normalized spacial score (nSPS) is 13.3. The van der Waals surface area contributed by atoms with Crippen molar-refractivity contribution in [3.05, 3.63) is 65.7 Å². The number of nitrogens with one attached hydrogen (secondary N) is 1. The molecule has 3 heteroatoms. The molecule has 2 unspecified atom stereocenters. The summed E-state index contributed by atoms with van der Waals surface area (Å²) >= 11 is 0. The standard InChI is InChI=1S/C24H36N2O/c1-3-27-24-14-8-7-13-22(24)16-15-20(2)18-23(19-25)26-17-9-12-21-10-5-4-6-11-21/h4-8,10-11,13-14,20,23,26H,3,9,12,15-19,25H2,1-2H3. The number of nitrogens with two attached hydrogens (primary N) is 1. The smallest absolute Gasteiger partial charge is 0.122 e. The van der Waals surface area contributed by atoms with E-state index in [1.54, 1.807) is 0 Å². The molecular weight excluding hydrogens is 332 g/mol. The van der Waals surface area contributed by atoms with Crippen molar-refractivity contribution in [1.29, 1.82) is 0 Å². The molecule has 0 amide bonds. The fourth-order valence-corrected chi connectivity index (χ4v) is 3.52. The summed E-state index contributed by atoms with van der Waals surface area (Å²) in [6.45, 7) is 6.81. The molecule has 0 aromatic heterocycles. The molecule has 0 bridgehead atoms. The summed E-state index contributed by atoms with van der Waals surface area (Å²) in [6, 6.07) is 19.5. The molecule has 3 N–H and O–H groups in total. The van der Waals surface area contributed by atoms with Gasteiger partial charge in [-0.25, -0.2) is 0 Å². The van der Waals surface area contributed by atoms with E-state index in [0.29, 0.717) is 25.1 Å². The van der Waals surface area contributed by atoms with Crippen LogP contribution < -0.4 is 15.8 Å². The van der Waals surface area contributed by atoms with Crippen molar-refractivity contribution < 1.29 is 4.74 Å². The van der Waals surface area contributed by atoms with E-state index in [0.717, 1.165) is 44.4 Å². The van der Waals surface area contributed by atoms with Gasteiger partial charge in [0, 0.05) is 12.6 Å². The number of hydrogen-bond donors (Lipinski definition) is 2. The Morgan fingerprint density at radius 1 is 1.00 bits per heavy atom. The van der Waals surface area contributed by atoms with E-state index < -0.39 is 0 Å². The van der Waals surface area contributed by atoms with Crippen LogP contribution in [0, 0.1) is 5.92 Å². The van der Waals surface area contributed by atoms with Crippen LogP contribution >= 0.6 is 0 Å². The largest absolute Gasteiger partial charge is 0.494 e. The van der Waals surface area contributed by atoms with Crippen LogP contribution in [0.2, 0.25) is 0 Å². The molecule has 0 aliphatic carbocycles. The van der Waals surface area contributed by atoms with Crippen LogP contribution in [-0.2, 0) is 12.8 Å². The van der Waals surface area contributed by atoms with Crippen LogP contribution in [0.25, 0.3) is 0 Å². The Morgan fingerprint density at radius 3 is 2.48 bits per heavy atom. The van der Waals surface area contributed by atoms with E-state index >= 15 is 0 Å². The molecule has 0 heterocycles. The monoisotopic (exact) mass is 368 g/mol. The van der Waals surface area contributed by atoms with Crippen LogP contribution in [0.1, 0.15) is 44.2 Å². The van der Waals surface area contributed by atoms with Crippen LogP contribution in [0.5, 0.6) is 5.75 Å². The Bertz CT molecular complexity index is 629. The quantitative estimate of drug-likeness (QED) is 0.508. The Kier molecular flexibility index (Phi) is 9.96. The highest BCUT2D eigenvalue weighted by Crippen LogP contribution is 2.22. The summed E-state index contributed by atoms with van der Waals surface area (Å²) in [5.41, 5.74) is 8.72. The highest BCUT2D eigenvalue weighted by Gasteiger charge is 2.12. The minimum absolute atomic E-state index is 0.401. The molecule has 0 saturated heterocycles. The van der Waals surface area contributed by atoms with Gasteiger partial charge in [0.25, 0.3) is 0 Å². The van der Waals surface area contributed by atoms with Crippen molar-refractivity contribution in [3.63, 3.8) is 0 Å². The van der Waals surface area contributed by atoms with E-state index in [-0.39, 0.29) is 0 Å². The van der Waals surface area contributed by atoms with Crippen molar-refractivity contribution in [2.75, 3.05) is 19.7 Å². The molecule has 0 fully saturated rings. The highest BCUT2D eigenvalue weighted by atomic mass is 16.5. The lowest BCUT2D eigenvalue weighted by Crippen LogP contribution is -2.38. The van der Waals surface area contributed by atoms with Gasteiger partial charge < -0.3 is 15.8 Å². The summed E-state index contributed by atoms with van der Waals surface area (Å²) < 4.78 is 5.74. The molecule has 0 saturated carbocycles. The number of rotatable bonds is 13. The van der Waals surface area contributed by atoms with E-state index in [2.05, 4.69) is 60.8 Å². The van der Waals surface area contributed by atoms with E-state index in [4.69, 9.17) is 10.5 Å². The van der Waals surface area contributed by atoms with E-state index in [1.807, 2.05) is 13.0 Å². The molecule has 0 spiro atoms. The molecule has 2 rings (SSSR count). The zero-order valence-electron chi connectivity index (χ0n) is 17.0. The third-order valence-electron chi connectivity index (χ3n) is 5.07. The molecule has 0 aliphatic heterocycles. The lowest BCUT2D eigenvalue weighted by atomic mass is 9.94. The second-order valence-electron chi connectivity index (χ2n) is 7.40. The fourth-order valence-electron chi connectivity index (χ4n) is 3.52. The summed E-state index contributed by atoms with van der Waals surface area (Å²) in [7, 11) is 0. The first-order valence-electron chi connectivity index (χ1n) is 10.4. The van der Waals surface area contributed by atoms with Crippen LogP contribution in [0.15, 0.2) is 54.6 Å². The third-order valence-corrected chi connectivity index (χ3v) is 5.07. The lowest BCUT2D eigenvalue weighted by Gasteiger charge is -2.21. The van der Waals surface area contributed by atoms with Gasteiger partial charge in [-0.3, -0.25) is 0 Å². The van der Waals surface area contributed by atoms with Crippen molar-refractivity contribution in [3.8, 4) is 5.75 Å². The van der Waals surface area contributed by atoms with Gasteiger partial charge in [-0.05, 0) is 68.7 Å². The Balaban J connectivity index is 1.69. The van der Waals surface area contributed by atoms with Gasteiger partial charge >= 0.3 is 0 Å². The van der Waals surface area contributed by atoms with E-state index in [9.17, 15) is 0 Å². The van der Waals surface area contributed by atoms with Gasteiger partial charge in [0.15, 0.2) is 0 Å². The molecule has 148 valence electrons. The third kappa shape index (κ3) is 8.15. The molecule has 27 heavy (non-hydrogen) atoms. The van der Waals surface area contributed by atoms with Crippen LogP contribution in [0.3, 0.4) is 0 Å². The maximum absolute atomic E-state index is 6.00. The molecule has 2 aromatic rings. The first kappa shape index (κ1) is 21.5. The Morgan fingerprint density at radius 2 is 1.74 bits per heavy atom. The molecule has 0 aliphatic rings. The zero-order chi connectivity index (χ0) is 19.3. The van der Waals surface area contributed by atoms with Crippen molar-refractivity contribution >= 4 is 0 Å². The molecule has 3 nitrogen and oxygen atoms in total. The molecule has 2 atom stereocenters. The topological polar surface area (TPSA) is 47.3 Å². The summed E-state index contributed by atoms with van der Waals surface area (Å²) in [5.74, 6) is 1.66. The van der Waals surface area contributed by atoms with Crippen molar-refractivity contribution in [2.45, 2.75) is 52.0 Å². The Hall–Kier alpha value is -1.84. The second kappa shape index (κ2) is 12.5. The van der Waals surface area contributed by atoms with Crippen molar-refractivity contribution in [2.24, 2.45) is 11.7 Å². The van der Waals surface area contributed by atoms with Gasteiger partial charge in [-0.1, -0.05) is 55.5 Å². The molecule has 2 aromatic carbocycles. The van der Waals surface area contributed by atoms with Gasteiger partial charge in [0.1, 0.15) is 5.75 Å². The maximum Gasteiger partial charge on any atom is 0.122 e. The fraction of sp³-hybridized carbons (Fsp3) is 0.500. The average Bonchev–Trinajstić information content (AvgIpc) is 2.70. The Labute approximate surface area is 165 Å². The number of aryl methyl sites for hydroxylation is 2. The maximum atomic E-state index is 6.00. The summed E-state index contributed by atoms with van der Waals surface area (Å²) in [4.78, 5) is 0. The van der Waals surface area contributed by atoms with E-state index in [1.165, 1.54) is 11.1 Å². The van der Waals surface area contributed by atoms with Gasteiger partial charge in [0.05, 0.1) is 6.61 Å². The predicted molar refractivity (Wildman–Crippen MR) is 115 cm³/mol. The van der Waals surface area contributed by atoms with Gasteiger partial charge in [-0.15, -0.1) is 0 Å². The highest BCUT2D eigenvalue weighted by molar-refractivity contribution is 5.33. The SMILES string of the molecule is CCOc1ccccc1CCC(C)CC(CN)NCCCc1ccccc1. The lowest BCUT2D eigenvalue weighted by molar-refractivity contribution is 0.334. The van der Waals surface area contributed by atoms with Crippen LogP contribution in [-0.4, -0.2) is 25.7 Å². The first-order chi connectivity index (χ1) is 13.2. The number of hydrogen-bond acceptors (Lipinski definition) is 3. The predicted octanol–water partition coefficient (Wildman–Crippen LogP) is 4.59. The summed E-state index contributed by atoms with van der Waals surface area (Å²) in [6.07, 6.45) is 5.61. The second-order valence-corrected chi connectivity index (χ2v) is 7.40. The number of benzene rings is 2. The van der Waals surface area contributed by atoms with Crippen LogP contribution in [0.4, 0.5) is 0 Å². The minimum atomic E-state index is 0.401. The number of para-hydroxylation sites is 1. The molecule has 0 radical (unpaired) electrons. The molecular formula is C24H36N2O. The van der Waals surface area contributed by atoms with Gasteiger partial charge in [0.2, 0.25) is 0 Å². The van der Waals surface area contributed by atoms with Gasteiger partial charge in [-0.2, -0.15) is 0 Å². The average molecular weight is 369 g/mol.